The molecule has 4 nitrogen and oxygen atoms in total. The van der Waals surface area contributed by atoms with Gasteiger partial charge in [0.25, 0.3) is 0 Å². The Morgan fingerprint density at radius 1 is 1.15 bits per heavy atom. The predicted molar refractivity (Wildman–Crippen MR) is 113 cm³/mol. The zero-order valence-electron chi connectivity index (χ0n) is 14.7. The highest BCUT2D eigenvalue weighted by atomic mass is 32.2. The molecule has 1 aromatic heterocycles. The maximum atomic E-state index is 11.2. The Bertz CT molecular complexity index is 801. The molecule has 0 aliphatic heterocycles. The number of esters is 1. The van der Waals surface area contributed by atoms with Gasteiger partial charge in [-0.2, -0.15) is 23.5 Å². The number of ether oxygens (including phenoxy) is 2. The van der Waals surface area contributed by atoms with E-state index in [9.17, 15) is 4.79 Å². The third kappa shape index (κ3) is 7.05. The summed E-state index contributed by atoms with van der Waals surface area (Å²) in [6, 6.07) is 9.47. The Morgan fingerprint density at radius 3 is 2.58 bits per heavy atom. The summed E-state index contributed by atoms with van der Waals surface area (Å²) in [5, 5.41) is 0.936. The minimum absolute atomic E-state index is 0.319. The van der Waals surface area contributed by atoms with Crippen molar-refractivity contribution in [3.8, 4) is 5.75 Å². The Kier molecular flexibility index (Phi) is 9.08. The van der Waals surface area contributed by atoms with Gasteiger partial charge in [-0.3, -0.25) is 0 Å². The highest BCUT2D eigenvalue weighted by Crippen LogP contribution is 2.26. The van der Waals surface area contributed by atoms with Gasteiger partial charge >= 0.3 is 5.97 Å². The quantitative estimate of drug-likeness (QED) is 0.220. The average Bonchev–Trinajstić information content (AvgIpc) is 2.62. The topological polar surface area (TPSA) is 48.7 Å². The second-order valence-electron chi connectivity index (χ2n) is 5.42. The van der Waals surface area contributed by atoms with Crippen LogP contribution in [0.4, 0.5) is 0 Å². The SMILES string of the molecule is C=C(C)C(=O)OCCSCCSCCOc1cc(=S)oc2ccccc12. The molecule has 0 bridgehead atoms. The fraction of sp³-hybridized carbons (Fsp3) is 0.368. The Morgan fingerprint density at radius 2 is 1.85 bits per heavy atom. The first-order chi connectivity index (χ1) is 12.6. The van der Waals surface area contributed by atoms with Gasteiger partial charge in [0, 0.05) is 34.7 Å². The van der Waals surface area contributed by atoms with Crippen LogP contribution in [-0.4, -0.2) is 42.2 Å². The second kappa shape index (κ2) is 11.3. The molecule has 26 heavy (non-hydrogen) atoms. The molecule has 0 fully saturated rings. The van der Waals surface area contributed by atoms with Gasteiger partial charge in [-0.15, -0.1) is 0 Å². The third-order valence-corrected chi connectivity index (χ3v) is 5.63. The maximum absolute atomic E-state index is 11.2. The van der Waals surface area contributed by atoms with Crippen LogP contribution in [0, 0.1) is 4.71 Å². The van der Waals surface area contributed by atoms with Crippen molar-refractivity contribution < 1.29 is 18.7 Å². The summed E-state index contributed by atoms with van der Waals surface area (Å²) >= 11 is 8.74. The van der Waals surface area contributed by atoms with Crippen molar-refractivity contribution >= 4 is 52.7 Å². The molecule has 0 saturated carbocycles. The standard InChI is InChI=1S/C19H22O4S3/c1-14(2)19(20)22-8-10-26-12-11-25-9-7-21-17-13-18(24)23-16-6-4-3-5-15(16)17/h3-6,13H,1,7-12H2,2H3. The molecule has 0 N–H and O–H groups in total. The second-order valence-corrected chi connectivity index (χ2v) is 8.27. The highest BCUT2D eigenvalue weighted by Gasteiger charge is 2.05. The van der Waals surface area contributed by atoms with E-state index in [4.69, 9.17) is 26.1 Å². The lowest BCUT2D eigenvalue weighted by molar-refractivity contribution is -0.138. The van der Waals surface area contributed by atoms with Crippen LogP contribution in [0.15, 0.2) is 46.9 Å². The van der Waals surface area contributed by atoms with Crippen molar-refractivity contribution in [2.24, 2.45) is 0 Å². The van der Waals surface area contributed by atoms with Gasteiger partial charge < -0.3 is 13.9 Å². The minimum Gasteiger partial charge on any atom is -0.492 e. The predicted octanol–water partition coefficient (Wildman–Crippen LogP) is 5.13. The number of carbonyl (C=O) groups is 1. The van der Waals surface area contributed by atoms with Crippen molar-refractivity contribution in [3.63, 3.8) is 0 Å². The van der Waals surface area contributed by atoms with Gasteiger partial charge in [0.1, 0.15) is 17.9 Å². The molecule has 1 aromatic carbocycles. The van der Waals surface area contributed by atoms with Gasteiger partial charge in [0.15, 0.2) is 4.71 Å². The molecule has 0 spiro atoms. The van der Waals surface area contributed by atoms with Crippen molar-refractivity contribution in [2.75, 3.05) is 36.2 Å². The molecule has 0 atom stereocenters. The van der Waals surface area contributed by atoms with Crippen molar-refractivity contribution in [3.05, 3.63) is 47.2 Å². The lowest BCUT2D eigenvalue weighted by atomic mass is 10.2. The lowest BCUT2D eigenvalue weighted by Crippen LogP contribution is -2.08. The lowest BCUT2D eigenvalue weighted by Gasteiger charge is -2.08. The van der Waals surface area contributed by atoms with E-state index >= 15 is 0 Å². The van der Waals surface area contributed by atoms with Crippen LogP contribution in [0.2, 0.25) is 0 Å². The molecule has 0 saturated heterocycles. The maximum Gasteiger partial charge on any atom is 0.333 e. The van der Waals surface area contributed by atoms with Gasteiger partial charge in [-0.05, 0) is 31.3 Å². The Labute approximate surface area is 167 Å². The largest absolute Gasteiger partial charge is 0.492 e. The zero-order chi connectivity index (χ0) is 18.8. The number of carbonyl (C=O) groups excluding carboxylic acids is 1. The van der Waals surface area contributed by atoms with E-state index in [1.54, 1.807) is 24.8 Å². The van der Waals surface area contributed by atoms with Gasteiger partial charge in [0.2, 0.25) is 0 Å². The van der Waals surface area contributed by atoms with E-state index in [-0.39, 0.29) is 5.97 Å². The smallest absolute Gasteiger partial charge is 0.333 e. The normalized spacial score (nSPS) is 10.7. The molecule has 1 heterocycles. The summed E-state index contributed by atoms with van der Waals surface area (Å²) in [5.74, 6) is 4.19. The molecule has 2 aromatic rings. The number of rotatable bonds is 11. The summed E-state index contributed by atoms with van der Waals surface area (Å²) < 4.78 is 16.9. The number of benzene rings is 1. The average molecular weight is 411 g/mol. The van der Waals surface area contributed by atoms with Crippen LogP contribution in [0.25, 0.3) is 11.0 Å². The van der Waals surface area contributed by atoms with Gasteiger partial charge in [-0.1, -0.05) is 18.7 Å². The van der Waals surface area contributed by atoms with E-state index in [1.165, 1.54) is 0 Å². The molecule has 7 heteroatoms. The first kappa shape index (κ1) is 20.9. The Hall–Kier alpha value is -1.44. The Balaban J connectivity index is 1.58. The number of fused-ring (bicyclic) bond motifs is 1. The molecular formula is C19H22O4S3. The summed E-state index contributed by atoms with van der Waals surface area (Å²) in [7, 11) is 0. The first-order valence-electron chi connectivity index (χ1n) is 8.22. The molecule has 2 rings (SSSR count). The molecule has 0 unspecified atom stereocenters. The summed E-state index contributed by atoms with van der Waals surface area (Å²) in [6.07, 6.45) is 0. The van der Waals surface area contributed by atoms with E-state index in [2.05, 4.69) is 6.58 Å². The number of hydrogen-bond donors (Lipinski definition) is 0. The van der Waals surface area contributed by atoms with Crippen LogP contribution in [0.1, 0.15) is 6.92 Å². The van der Waals surface area contributed by atoms with Crippen molar-refractivity contribution in [1.29, 1.82) is 0 Å². The molecule has 0 aliphatic carbocycles. The van der Waals surface area contributed by atoms with E-state index < -0.39 is 0 Å². The van der Waals surface area contributed by atoms with Crippen molar-refractivity contribution in [2.45, 2.75) is 6.92 Å². The molecule has 140 valence electrons. The number of thioether (sulfide) groups is 2. The van der Waals surface area contributed by atoms with Gasteiger partial charge in [0.05, 0.1) is 12.0 Å². The van der Waals surface area contributed by atoms with Crippen molar-refractivity contribution in [1.82, 2.24) is 0 Å². The van der Waals surface area contributed by atoms with E-state index in [0.29, 0.717) is 23.5 Å². The fourth-order valence-corrected chi connectivity index (χ4v) is 4.00. The molecule has 0 amide bonds. The van der Waals surface area contributed by atoms with Gasteiger partial charge in [-0.25, -0.2) is 4.79 Å². The first-order valence-corrected chi connectivity index (χ1v) is 10.9. The molecule has 0 aliphatic rings. The van der Waals surface area contributed by atoms with Crippen LogP contribution in [0.3, 0.4) is 0 Å². The third-order valence-electron chi connectivity index (χ3n) is 3.28. The van der Waals surface area contributed by atoms with Crippen LogP contribution in [0.5, 0.6) is 5.75 Å². The van der Waals surface area contributed by atoms with E-state index in [1.807, 2.05) is 36.0 Å². The number of hydrogen-bond acceptors (Lipinski definition) is 7. The van der Waals surface area contributed by atoms with Crippen LogP contribution < -0.4 is 4.74 Å². The minimum atomic E-state index is -0.319. The van der Waals surface area contributed by atoms with E-state index in [0.717, 1.165) is 39.7 Å². The summed E-state index contributed by atoms with van der Waals surface area (Å²) in [5.41, 5.74) is 1.18. The zero-order valence-corrected chi connectivity index (χ0v) is 17.1. The van der Waals surface area contributed by atoms with Crippen LogP contribution >= 0.6 is 35.7 Å². The fourth-order valence-electron chi connectivity index (χ4n) is 2.05. The summed E-state index contributed by atoms with van der Waals surface area (Å²) in [4.78, 5) is 11.2. The monoisotopic (exact) mass is 410 g/mol. The molecular weight excluding hydrogens is 388 g/mol. The van der Waals surface area contributed by atoms with Crippen LogP contribution in [-0.2, 0) is 9.53 Å². The highest BCUT2D eigenvalue weighted by molar-refractivity contribution is 8.02. The number of para-hydroxylation sites is 1. The molecule has 0 radical (unpaired) electrons. The summed E-state index contributed by atoms with van der Waals surface area (Å²) in [6.45, 7) is 6.25.